The Hall–Kier alpha value is -1.23. The molecule has 7 nitrogen and oxygen atoms in total. The van der Waals surface area contributed by atoms with Crippen LogP contribution < -0.4 is 20.1 Å². The first-order valence-corrected chi connectivity index (χ1v) is 10.3. The summed E-state index contributed by atoms with van der Waals surface area (Å²) >= 11 is 0. The van der Waals surface area contributed by atoms with Crippen LogP contribution in [-0.2, 0) is 9.84 Å². The van der Waals surface area contributed by atoms with Crippen LogP contribution in [0.4, 0.5) is 0 Å². The highest BCUT2D eigenvalue weighted by atomic mass is 127. The average Bonchev–Trinajstić information content (AvgIpc) is 2.60. The highest BCUT2D eigenvalue weighted by molar-refractivity contribution is 14.0. The molecule has 0 fully saturated rings. The fourth-order valence-electron chi connectivity index (χ4n) is 2.00. The Morgan fingerprint density at radius 1 is 1.19 bits per heavy atom. The van der Waals surface area contributed by atoms with Gasteiger partial charge in [0.2, 0.25) is 0 Å². The van der Waals surface area contributed by atoms with Gasteiger partial charge in [-0.1, -0.05) is 19.1 Å². The maximum atomic E-state index is 11.5. The Balaban J connectivity index is 0.00000625. The minimum Gasteiger partial charge on any atom is -0.493 e. The van der Waals surface area contributed by atoms with E-state index in [-0.39, 0.29) is 41.6 Å². The molecule has 0 aliphatic carbocycles. The maximum absolute atomic E-state index is 11.5. The van der Waals surface area contributed by atoms with Crippen molar-refractivity contribution in [1.82, 2.24) is 10.6 Å². The normalized spacial score (nSPS) is 12.7. The van der Waals surface area contributed by atoms with Gasteiger partial charge >= 0.3 is 0 Å². The molecule has 1 rings (SSSR count). The molecule has 0 spiro atoms. The molecule has 0 aliphatic rings. The zero-order chi connectivity index (χ0) is 18.7. The third-order valence-corrected chi connectivity index (χ3v) is 5.10. The minimum absolute atomic E-state index is 0. The first-order valence-electron chi connectivity index (χ1n) is 8.44. The van der Waals surface area contributed by atoms with Crippen LogP contribution in [-0.4, -0.2) is 58.7 Å². The Morgan fingerprint density at radius 2 is 1.85 bits per heavy atom. The van der Waals surface area contributed by atoms with Crippen molar-refractivity contribution >= 4 is 39.8 Å². The van der Waals surface area contributed by atoms with E-state index in [4.69, 9.17) is 9.47 Å². The lowest BCUT2D eigenvalue weighted by molar-refractivity contribution is 0.219. The van der Waals surface area contributed by atoms with Gasteiger partial charge in [-0.15, -0.1) is 24.0 Å². The number of hydrogen-bond acceptors (Lipinski definition) is 5. The van der Waals surface area contributed by atoms with E-state index in [1.54, 1.807) is 14.0 Å². The number of sulfone groups is 1. The largest absolute Gasteiger partial charge is 0.493 e. The Bertz CT molecular complexity index is 653. The summed E-state index contributed by atoms with van der Waals surface area (Å²) in [6.07, 6.45) is -0.161. The molecule has 1 unspecified atom stereocenters. The molecule has 0 aromatic heterocycles. The van der Waals surface area contributed by atoms with Crippen molar-refractivity contribution in [2.75, 3.05) is 38.2 Å². The minimum atomic E-state index is -2.99. The highest BCUT2D eigenvalue weighted by Crippen LogP contribution is 2.26. The number of para-hydroxylation sites is 2. The topological polar surface area (TPSA) is 89.0 Å². The SMILES string of the molecule is CCNC(=NCC(C)Oc1ccccc1OC)NCCS(=O)(=O)CC.I. The van der Waals surface area contributed by atoms with Gasteiger partial charge in [0.25, 0.3) is 0 Å². The summed E-state index contributed by atoms with van der Waals surface area (Å²) in [6, 6.07) is 7.45. The standard InChI is InChI=1S/C17H29N3O4S.HI/c1-5-18-17(19-11-12-25(21,22)6-2)20-13-14(3)24-16-10-8-7-9-15(16)23-4;/h7-10,14H,5-6,11-13H2,1-4H3,(H2,18,19,20);1H. The van der Waals surface area contributed by atoms with E-state index >= 15 is 0 Å². The summed E-state index contributed by atoms with van der Waals surface area (Å²) in [4.78, 5) is 4.44. The van der Waals surface area contributed by atoms with Crippen molar-refractivity contribution in [2.45, 2.75) is 26.9 Å². The van der Waals surface area contributed by atoms with Gasteiger partial charge in [0.15, 0.2) is 27.3 Å². The molecule has 0 amide bonds. The molecule has 0 heterocycles. The predicted octanol–water partition coefficient (Wildman–Crippen LogP) is 2.07. The lowest BCUT2D eigenvalue weighted by Crippen LogP contribution is -2.40. The van der Waals surface area contributed by atoms with E-state index in [1.165, 1.54) is 0 Å². The van der Waals surface area contributed by atoms with Crippen molar-refractivity contribution in [1.29, 1.82) is 0 Å². The molecule has 0 saturated heterocycles. The van der Waals surface area contributed by atoms with E-state index in [0.29, 0.717) is 37.1 Å². The number of nitrogens with one attached hydrogen (secondary N) is 2. The Kier molecular flexibility index (Phi) is 12.4. The average molecular weight is 499 g/mol. The van der Waals surface area contributed by atoms with Crippen molar-refractivity contribution in [3.63, 3.8) is 0 Å². The molecule has 26 heavy (non-hydrogen) atoms. The van der Waals surface area contributed by atoms with Gasteiger partial charge in [-0.25, -0.2) is 13.4 Å². The number of rotatable bonds is 10. The summed E-state index contributed by atoms with van der Waals surface area (Å²) in [5, 5.41) is 6.12. The fourth-order valence-corrected chi connectivity index (χ4v) is 2.70. The number of nitrogens with zero attached hydrogens (tertiary/aromatic N) is 1. The monoisotopic (exact) mass is 499 g/mol. The number of aliphatic imine (C=N–C) groups is 1. The molecule has 150 valence electrons. The smallest absolute Gasteiger partial charge is 0.191 e. The molecule has 0 radical (unpaired) electrons. The Labute approximate surface area is 173 Å². The number of methoxy groups -OCH3 is 1. The Morgan fingerprint density at radius 3 is 2.42 bits per heavy atom. The zero-order valence-electron chi connectivity index (χ0n) is 15.8. The van der Waals surface area contributed by atoms with Gasteiger partial charge in [0, 0.05) is 18.8 Å². The van der Waals surface area contributed by atoms with Crippen LogP contribution in [0.15, 0.2) is 29.3 Å². The first-order chi connectivity index (χ1) is 11.9. The molecule has 0 bridgehead atoms. The molecule has 1 aromatic carbocycles. The van der Waals surface area contributed by atoms with Crippen LogP contribution in [0.25, 0.3) is 0 Å². The van der Waals surface area contributed by atoms with Crippen LogP contribution in [0.3, 0.4) is 0 Å². The quantitative estimate of drug-likeness (QED) is 0.291. The third-order valence-electron chi connectivity index (χ3n) is 3.39. The number of hydrogen-bond donors (Lipinski definition) is 2. The molecule has 9 heteroatoms. The lowest BCUT2D eigenvalue weighted by atomic mass is 10.3. The second-order valence-electron chi connectivity index (χ2n) is 5.46. The molecule has 0 saturated carbocycles. The van der Waals surface area contributed by atoms with Crippen LogP contribution >= 0.6 is 24.0 Å². The van der Waals surface area contributed by atoms with Crippen molar-refractivity contribution in [3.05, 3.63) is 24.3 Å². The number of halogens is 1. The summed E-state index contributed by atoms with van der Waals surface area (Å²) in [5.74, 6) is 2.14. The van der Waals surface area contributed by atoms with E-state index in [9.17, 15) is 8.42 Å². The zero-order valence-corrected chi connectivity index (χ0v) is 19.0. The molecular formula is C17H30IN3O4S. The van der Waals surface area contributed by atoms with Gasteiger partial charge < -0.3 is 20.1 Å². The van der Waals surface area contributed by atoms with E-state index in [0.717, 1.165) is 0 Å². The molecule has 2 N–H and O–H groups in total. The molecule has 1 aromatic rings. The molecular weight excluding hydrogens is 469 g/mol. The van der Waals surface area contributed by atoms with E-state index in [1.807, 2.05) is 38.1 Å². The van der Waals surface area contributed by atoms with Crippen molar-refractivity contribution < 1.29 is 17.9 Å². The van der Waals surface area contributed by atoms with Crippen LogP contribution in [0.1, 0.15) is 20.8 Å². The maximum Gasteiger partial charge on any atom is 0.191 e. The van der Waals surface area contributed by atoms with E-state index in [2.05, 4.69) is 15.6 Å². The van der Waals surface area contributed by atoms with Crippen LogP contribution in [0, 0.1) is 0 Å². The van der Waals surface area contributed by atoms with Gasteiger partial charge in [-0.05, 0) is 26.0 Å². The number of ether oxygens (including phenoxy) is 2. The van der Waals surface area contributed by atoms with Gasteiger partial charge in [-0.3, -0.25) is 0 Å². The van der Waals surface area contributed by atoms with Crippen molar-refractivity contribution in [3.8, 4) is 11.5 Å². The van der Waals surface area contributed by atoms with Gasteiger partial charge in [-0.2, -0.15) is 0 Å². The van der Waals surface area contributed by atoms with Crippen LogP contribution in [0.5, 0.6) is 11.5 Å². The second-order valence-corrected chi connectivity index (χ2v) is 7.93. The summed E-state index contributed by atoms with van der Waals surface area (Å²) in [5.41, 5.74) is 0. The number of guanidine groups is 1. The highest BCUT2D eigenvalue weighted by Gasteiger charge is 2.10. The summed E-state index contributed by atoms with van der Waals surface area (Å²) < 4.78 is 34.2. The summed E-state index contributed by atoms with van der Waals surface area (Å²) in [6.45, 7) is 6.95. The molecule has 1 atom stereocenters. The predicted molar refractivity (Wildman–Crippen MR) is 117 cm³/mol. The van der Waals surface area contributed by atoms with Crippen molar-refractivity contribution in [2.24, 2.45) is 4.99 Å². The fraction of sp³-hybridized carbons (Fsp3) is 0.588. The summed E-state index contributed by atoms with van der Waals surface area (Å²) in [7, 11) is -1.39. The number of benzene rings is 1. The van der Waals surface area contributed by atoms with Gasteiger partial charge in [0.05, 0.1) is 19.4 Å². The second kappa shape index (κ2) is 13.0. The third kappa shape index (κ3) is 9.46. The van der Waals surface area contributed by atoms with Crippen LogP contribution in [0.2, 0.25) is 0 Å². The lowest BCUT2D eigenvalue weighted by Gasteiger charge is -2.16. The molecule has 0 aliphatic heterocycles. The first kappa shape index (κ1) is 24.8. The van der Waals surface area contributed by atoms with Gasteiger partial charge in [0.1, 0.15) is 6.10 Å². The van der Waals surface area contributed by atoms with E-state index < -0.39 is 9.84 Å².